The molecule has 1 amide bonds. The Morgan fingerprint density at radius 1 is 1.53 bits per heavy atom. The van der Waals surface area contributed by atoms with Crippen molar-refractivity contribution in [3.05, 3.63) is 0 Å². The van der Waals surface area contributed by atoms with Crippen molar-refractivity contribution in [3.8, 4) is 0 Å². The lowest BCUT2D eigenvalue weighted by Crippen LogP contribution is -2.56. The fourth-order valence-electron chi connectivity index (χ4n) is 1.92. The fraction of sp³-hybridized carbons (Fsp3) is 0.818. The number of carbonyl (C=O) groups is 2. The molecule has 0 radical (unpaired) electrons. The van der Waals surface area contributed by atoms with Crippen LogP contribution in [0.1, 0.15) is 19.8 Å². The van der Waals surface area contributed by atoms with Crippen molar-refractivity contribution < 1.29 is 14.3 Å². The Balaban J connectivity index is 2.06. The van der Waals surface area contributed by atoms with Crippen molar-refractivity contribution in [2.45, 2.75) is 31.3 Å². The molecule has 0 bridgehead atoms. The van der Waals surface area contributed by atoms with Gasteiger partial charge in [0.1, 0.15) is 6.04 Å². The smallest absolute Gasteiger partial charge is 0.329 e. The number of hydrogen-bond acceptors (Lipinski definition) is 5. The summed E-state index contributed by atoms with van der Waals surface area (Å²) in [7, 11) is 0. The summed E-state index contributed by atoms with van der Waals surface area (Å²) in [6.45, 7) is 2.70. The molecule has 2 rings (SSSR count). The van der Waals surface area contributed by atoms with Gasteiger partial charge in [-0.3, -0.25) is 4.79 Å². The van der Waals surface area contributed by atoms with Crippen molar-refractivity contribution in [1.29, 1.82) is 0 Å². The molecule has 5 nitrogen and oxygen atoms in total. The van der Waals surface area contributed by atoms with E-state index in [4.69, 9.17) is 10.5 Å². The van der Waals surface area contributed by atoms with Gasteiger partial charge in [0.2, 0.25) is 5.91 Å². The molecule has 0 aromatic rings. The molecule has 1 saturated carbocycles. The Labute approximate surface area is 105 Å². The Morgan fingerprint density at radius 3 is 2.82 bits per heavy atom. The predicted octanol–water partition coefficient (Wildman–Crippen LogP) is -0.0152. The summed E-state index contributed by atoms with van der Waals surface area (Å²) in [5.74, 6) is 1.08. The highest BCUT2D eigenvalue weighted by atomic mass is 32.2. The fourth-order valence-corrected chi connectivity index (χ4v) is 2.95. The van der Waals surface area contributed by atoms with E-state index < -0.39 is 11.6 Å². The van der Waals surface area contributed by atoms with E-state index in [1.165, 1.54) is 0 Å². The van der Waals surface area contributed by atoms with E-state index in [1.54, 1.807) is 23.6 Å². The van der Waals surface area contributed by atoms with Crippen molar-refractivity contribution in [2.24, 2.45) is 5.73 Å². The topological polar surface area (TPSA) is 72.6 Å². The predicted molar refractivity (Wildman–Crippen MR) is 65.6 cm³/mol. The van der Waals surface area contributed by atoms with Gasteiger partial charge in [-0.1, -0.05) is 0 Å². The van der Waals surface area contributed by atoms with E-state index in [0.717, 1.165) is 18.6 Å². The van der Waals surface area contributed by atoms with E-state index in [0.29, 0.717) is 18.9 Å². The highest BCUT2D eigenvalue weighted by molar-refractivity contribution is 7.99. The number of esters is 1. The zero-order valence-corrected chi connectivity index (χ0v) is 10.8. The molecule has 1 heterocycles. The van der Waals surface area contributed by atoms with Gasteiger partial charge in [-0.15, -0.1) is 0 Å². The maximum Gasteiger partial charge on any atom is 0.329 e. The summed E-state index contributed by atoms with van der Waals surface area (Å²) in [6.07, 6.45) is 1.45. The maximum atomic E-state index is 12.2. The van der Waals surface area contributed by atoms with Gasteiger partial charge in [-0.2, -0.15) is 11.8 Å². The Morgan fingerprint density at radius 2 is 2.24 bits per heavy atom. The van der Waals surface area contributed by atoms with Gasteiger partial charge in [-0.25, -0.2) is 4.79 Å². The molecular formula is C11H18N2O3S. The van der Waals surface area contributed by atoms with Crippen LogP contribution in [0, 0.1) is 0 Å². The maximum absolute atomic E-state index is 12.2. The summed E-state index contributed by atoms with van der Waals surface area (Å²) in [5, 5.41) is 0. The highest BCUT2D eigenvalue weighted by Gasteiger charge is 2.50. The van der Waals surface area contributed by atoms with Gasteiger partial charge in [0.05, 0.1) is 12.1 Å². The summed E-state index contributed by atoms with van der Waals surface area (Å²) >= 11 is 1.67. The third kappa shape index (κ3) is 2.57. The largest absolute Gasteiger partial charge is 0.464 e. The molecule has 1 unspecified atom stereocenters. The normalized spacial score (nSPS) is 26.5. The Hall–Kier alpha value is -0.750. The van der Waals surface area contributed by atoms with Gasteiger partial charge >= 0.3 is 5.97 Å². The monoisotopic (exact) mass is 258 g/mol. The molecule has 0 aromatic carbocycles. The second-order valence-corrected chi connectivity index (χ2v) is 5.65. The zero-order valence-electron chi connectivity index (χ0n) is 9.98. The van der Waals surface area contributed by atoms with Crippen LogP contribution in [0.2, 0.25) is 0 Å². The van der Waals surface area contributed by atoms with Gasteiger partial charge in [0.25, 0.3) is 0 Å². The molecule has 1 aliphatic heterocycles. The summed E-state index contributed by atoms with van der Waals surface area (Å²) in [6, 6.07) is -0.456. The van der Waals surface area contributed by atoms with Crippen LogP contribution in [-0.4, -0.2) is 53.0 Å². The Kier molecular flexibility index (Phi) is 3.63. The number of nitrogens with zero attached hydrogens (tertiary/aromatic N) is 1. The number of rotatable bonds is 3. The minimum absolute atomic E-state index is 0.0872. The molecule has 0 aromatic heterocycles. The van der Waals surface area contributed by atoms with Crippen LogP contribution in [0.15, 0.2) is 0 Å². The number of nitrogens with two attached hydrogens (primary N) is 1. The summed E-state index contributed by atoms with van der Waals surface area (Å²) in [4.78, 5) is 25.6. The molecule has 17 heavy (non-hydrogen) atoms. The SMILES string of the molecule is CCOC(=O)C1CSCCN1C(=O)C1(N)CC1. The molecule has 2 N–H and O–H groups in total. The van der Waals surface area contributed by atoms with Crippen LogP contribution < -0.4 is 5.73 Å². The second kappa shape index (κ2) is 4.86. The first kappa shape index (κ1) is 12.7. The van der Waals surface area contributed by atoms with E-state index in [1.807, 2.05) is 0 Å². The lowest BCUT2D eigenvalue weighted by atomic mass is 10.2. The lowest BCUT2D eigenvalue weighted by Gasteiger charge is -2.35. The van der Waals surface area contributed by atoms with Gasteiger partial charge < -0.3 is 15.4 Å². The summed E-state index contributed by atoms with van der Waals surface area (Å²) < 4.78 is 5.01. The van der Waals surface area contributed by atoms with Crippen LogP contribution in [0.4, 0.5) is 0 Å². The average molecular weight is 258 g/mol. The highest BCUT2D eigenvalue weighted by Crippen LogP contribution is 2.35. The van der Waals surface area contributed by atoms with Crippen molar-refractivity contribution in [3.63, 3.8) is 0 Å². The van der Waals surface area contributed by atoms with Crippen LogP contribution in [0.25, 0.3) is 0 Å². The molecule has 96 valence electrons. The molecule has 2 fully saturated rings. The molecule has 6 heteroatoms. The van der Waals surface area contributed by atoms with E-state index >= 15 is 0 Å². The van der Waals surface area contributed by atoms with Gasteiger partial charge in [0.15, 0.2) is 0 Å². The van der Waals surface area contributed by atoms with Crippen LogP contribution >= 0.6 is 11.8 Å². The summed E-state index contributed by atoms with van der Waals surface area (Å²) in [5.41, 5.74) is 5.21. The third-order valence-electron chi connectivity index (χ3n) is 3.16. The van der Waals surface area contributed by atoms with E-state index in [9.17, 15) is 9.59 Å². The standard InChI is InChI=1S/C11H18N2O3S/c1-2-16-9(14)8-7-17-6-5-13(8)10(15)11(12)3-4-11/h8H,2-7,12H2,1H3. The first-order valence-electron chi connectivity index (χ1n) is 5.93. The van der Waals surface area contributed by atoms with Crippen LogP contribution in [-0.2, 0) is 14.3 Å². The number of hydrogen-bond donors (Lipinski definition) is 1. The molecule has 1 saturated heterocycles. The first-order chi connectivity index (χ1) is 8.08. The van der Waals surface area contributed by atoms with E-state index in [2.05, 4.69) is 0 Å². The number of amides is 1. The lowest BCUT2D eigenvalue weighted by molar-refractivity contribution is -0.154. The second-order valence-electron chi connectivity index (χ2n) is 4.50. The number of ether oxygens (including phenoxy) is 1. The number of carbonyl (C=O) groups excluding carboxylic acids is 2. The molecule has 1 atom stereocenters. The average Bonchev–Trinajstić information content (AvgIpc) is 3.08. The molecular weight excluding hydrogens is 240 g/mol. The van der Waals surface area contributed by atoms with Crippen molar-refractivity contribution in [2.75, 3.05) is 24.7 Å². The first-order valence-corrected chi connectivity index (χ1v) is 7.08. The van der Waals surface area contributed by atoms with E-state index in [-0.39, 0.29) is 11.9 Å². The molecule has 0 spiro atoms. The van der Waals surface area contributed by atoms with Crippen molar-refractivity contribution >= 4 is 23.6 Å². The quantitative estimate of drug-likeness (QED) is 0.721. The van der Waals surface area contributed by atoms with Gasteiger partial charge in [-0.05, 0) is 19.8 Å². The third-order valence-corrected chi connectivity index (χ3v) is 4.19. The molecule has 2 aliphatic rings. The van der Waals surface area contributed by atoms with Crippen molar-refractivity contribution in [1.82, 2.24) is 4.90 Å². The number of thioether (sulfide) groups is 1. The van der Waals surface area contributed by atoms with Gasteiger partial charge in [0, 0.05) is 18.1 Å². The molecule has 1 aliphatic carbocycles. The Bertz CT molecular complexity index is 331. The minimum atomic E-state index is -0.702. The zero-order chi connectivity index (χ0) is 12.5. The van der Waals surface area contributed by atoms with Crippen LogP contribution in [0.5, 0.6) is 0 Å². The van der Waals surface area contributed by atoms with Crippen LogP contribution in [0.3, 0.4) is 0 Å². The minimum Gasteiger partial charge on any atom is -0.464 e.